The summed E-state index contributed by atoms with van der Waals surface area (Å²) in [6.45, 7) is 0. The van der Waals surface area contributed by atoms with Crippen LogP contribution in [0.4, 0.5) is 0 Å². The number of benzene rings is 3. The van der Waals surface area contributed by atoms with E-state index in [1.807, 2.05) is 59.2 Å². The largest absolute Gasteiger partial charge is 0.290 e. The van der Waals surface area contributed by atoms with Crippen molar-refractivity contribution in [2.45, 2.75) is 12.1 Å². The molecule has 0 saturated heterocycles. The van der Waals surface area contributed by atoms with E-state index in [9.17, 15) is 0 Å². The predicted octanol–water partition coefficient (Wildman–Crippen LogP) is 4.06. The van der Waals surface area contributed by atoms with Crippen LogP contribution in [-0.2, 0) is 0 Å². The lowest BCUT2D eigenvalue weighted by Gasteiger charge is -2.26. The lowest BCUT2D eigenvalue weighted by atomic mass is 9.93. The standard InChI is InChI=1S/C22H19N5/c1-26-21(17-12-6-3-7-13-17)22(20(24-26)16-10-4-2-5-11-16)27-19-15-9-8-14-18(19)23-25-27/h2-15,21-22H,1H3/t21-,22-/m1/s1. The van der Waals surface area contributed by atoms with Gasteiger partial charge >= 0.3 is 0 Å². The van der Waals surface area contributed by atoms with Crippen LogP contribution in [0.2, 0.25) is 0 Å². The molecule has 4 aromatic rings. The highest BCUT2D eigenvalue weighted by Crippen LogP contribution is 2.40. The van der Waals surface area contributed by atoms with Gasteiger partial charge in [-0.3, -0.25) is 5.01 Å². The van der Waals surface area contributed by atoms with Gasteiger partial charge in [0.2, 0.25) is 0 Å². The van der Waals surface area contributed by atoms with Gasteiger partial charge in [0.05, 0.1) is 17.3 Å². The first-order valence-electron chi connectivity index (χ1n) is 9.04. The van der Waals surface area contributed by atoms with Crippen molar-refractivity contribution >= 4 is 16.7 Å². The molecule has 27 heavy (non-hydrogen) atoms. The molecule has 0 radical (unpaired) electrons. The van der Waals surface area contributed by atoms with Gasteiger partial charge in [0, 0.05) is 12.6 Å². The van der Waals surface area contributed by atoms with Crippen LogP contribution in [0.5, 0.6) is 0 Å². The van der Waals surface area contributed by atoms with E-state index in [0.29, 0.717) is 0 Å². The van der Waals surface area contributed by atoms with Crippen LogP contribution in [0, 0.1) is 0 Å². The van der Waals surface area contributed by atoms with Crippen LogP contribution in [0.15, 0.2) is 90.0 Å². The number of hydrogen-bond donors (Lipinski definition) is 0. The van der Waals surface area contributed by atoms with Crippen LogP contribution in [-0.4, -0.2) is 32.8 Å². The third-order valence-electron chi connectivity index (χ3n) is 5.10. The van der Waals surface area contributed by atoms with Gasteiger partial charge in [0.1, 0.15) is 11.6 Å². The zero-order valence-corrected chi connectivity index (χ0v) is 15.0. The molecule has 1 aliphatic heterocycles. The van der Waals surface area contributed by atoms with E-state index >= 15 is 0 Å². The molecule has 0 fully saturated rings. The van der Waals surface area contributed by atoms with Gasteiger partial charge in [-0.1, -0.05) is 78.0 Å². The van der Waals surface area contributed by atoms with E-state index in [-0.39, 0.29) is 12.1 Å². The quantitative estimate of drug-likeness (QED) is 0.558. The molecule has 132 valence electrons. The Kier molecular flexibility index (Phi) is 3.71. The molecule has 1 aromatic heterocycles. The summed E-state index contributed by atoms with van der Waals surface area (Å²) < 4.78 is 2.02. The maximum atomic E-state index is 4.92. The minimum absolute atomic E-state index is 0.0477. The van der Waals surface area contributed by atoms with Gasteiger partial charge in [0.25, 0.3) is 0 Å². The third kappa shape index (κ3) is 2.59. The highest BCUT2D eigenvalue weighted by atomic mass is 15.5. The normalized spacial score (nSPS) is 19.4. The van der Waals surface area contributed by atoms with Crippen molar-refractivity contribution in [3.8, 4) is 0 Å². The third-order valence-corrected chi connectivity index (χ3v) is 5.10. The number of aromatic nitrogens is 3. The number of rotatable bonds is 3. The Morgan fingerprint density at radius 3 is 2.19 bits per heavy atom. The van der Waals surface area contributed by atoms with E-state index in [4.69, 9.17) is 5.10 Å². The summed E-state index contributed by atoms with van der Waals surface area (Å²) in [5.41, 5.74) is 5.22. The highest BCUT2D eigenvalue weighted by molar-refractivity contribution is 6.05. The monoisotopic (exact) mass is 353 g/mol. The molecule has 1 aliphatic rings. The minimum Gasteiger partial charge on any atom is -0.290 e. The van der Waals surface area contributed by atoms with Crippen molar-refractivity contribution < 1.29 is 0 Å². The zero-order valence-electron chi connectivity index (χ0n) is 15.0. The summed E-state index contributed by atoms with van der Waals surface area (Å²) in [6.07, 6.45) is 0. The molecule has 0 aliphatic carbocycles. The fourth-order valence-corrected chi connectivity index (χ4v) is 3.87. The van der Waals surface area contributed by atoms with Gasteiger partial charge in [-0.2, -0.15) is 5.10 Å². The summed E-state index contributed by atoms with van der Waals surface area (Å²) in [6, 6.07) is 28.9. The van der Waals surface area contributed by atoms with Crippen LogP contribution in [0.1, 0.15) is 23.2 Å². The Labute approximate surface area is 157 Å². The van der Waals surface area contributed by atoms with Gasteiger partial charge in [-0.25, -0.2) is 4.68 Å². The molecule has 5 nitrogen and oxygen atoms in total. The zero-order chi connectivity index (χ0) is 18.2. The Morgan fingerprint density at radius 1 is 0.741 bits per heavy atom. The Hall–Kier alpha value is -3.47. The average Bonchev–Trinajstić information content (AvgIpc) is 3.30. The maximum absolute atomic E-state index is 4.92. The summed E-state index contributed by atoms with van der Waals surface area (Å²) in [4.78, 5) is 0. The number of fused-ring (bicyclic) bond motifs is 1. The van der Waals surface area contributed by atoms with E-state index in [0.717, 1.165) is 22.3 Å². The summed E-state index contributed by atoms with van der Waals surface area (Å²) >= 11 is 0. The number of hydrazone groups is 1. The summed E-state index contributed by atoms with van der Waals surface area (Å²) in [5, 5.41) is 15.9. The fraction of sp³-hybridized carbons (Fsp3) is 0.136. The first-order valence-corrected chi connectivity index (χ1v) is 9.04. The number of nitrogens with zero attached hydrogens (tertiary/aromatic N) is 5. The second kappa shape index (κ2) is 6.36. The van der Waals surface area contributed by atoms with Crippen LogP contribution in [0.3, 0.4) is 0 Å². The van der Waals surface area contributed by atoms with Gasteiger partial charge in [-0.05, 0) is 17.7 Å². The molecule has 5 heteroatoms. The molecule has 2 atom stereocenters. The number of para-hydroxylation sites is 1. The van der Waals surface area contributed by atoms with E-state index in [1.54, 1.807) is 0 Å². The minimum atomic E-state index is -0.0628. The molecule has 0 bridgehead atoms. The molecular weight excluding hydrogens is 334 g/mol. The summed E-state index contributed by atoms with van der Waals surface area (Å²) in [5.74, 6) is 0. The fourth-order valence-electron chi connectivity index (χ4n) is 3.87. The molecule has 3 aromatic carbocycles. The Morgan fingerprint density at radius 2 is 1.41 bits per heavy atom. The smallest absolute Gasteiger partial charge is 0.125 e. The second-order valence-corrected chi connectivity index (χ2v) is 6.75. The number of hydrogen-bond acceptors (Lipinski definition) is 4. The van der Waals surface area contributed by atoms with Gasteiger partial charge in [0.15, 0.2) is 0 Å². The van der Waals surface area contributed by atoms with Crippen molar-refractivity contribution in [3.63, 3.8) is 0 Å². The van der Waals surface area contributed by atoms with E-state index in [2.05, 4.69) is 52.8 Å². The van der Waals surface area contributed by atoms with E-state index < -0.39 is 0 Å². The molecule has 0 spiro atoms. The van der Waals surface area contributed by atoms with Gasteiger partial charge < -0.3 is 0 Å². The van der Waals surface area contributed by atoms with Crippen molar-refractivity contribution in [3.05, 3.63) is 96.1 Å². The Bertz CT molecular complexity index is 1100. The molecule has 5 rings (SSSR count). The SMILES string of the molecule is CN1N=C(c2ccccc2)[C@@H](n2nnc3ccccc32)[C@H]1c1ccccc1. The predicted molar refractivity (Wildman–Crippen MR) is 106 cm³/mol. The highest BCUT2D eigenvalue weighted by Gasteiger charge is 2.40. The molecule has 0 saturated carbocycles. The molecule has 2 heterocycles. The van der Waals surface area contributed by atoms with Crippen LogP contribution >= 0.6 is 0 Å². The van der Waals surface area contributed by atoms with Crippen molar-refractivity contribution in [2.75, 3.05) is 7.05 Å². The van der Waals surface area contributed by atoms with Crippen molar-refractivity contribution in [2.24, 2.45) is 5.10 Å². The second-order valence-electron chi connectivity index (χ2n) is 6.75. The molecule has 0 unspecified atom stereocenters. The maximum Gasteiger partial charge on any atom is 0.125 e. The average molecular weight is 353 g/mol. The Balaban J connectivity index is 1.71. The van der Waals surface area contributed by atoms with Crippen LogP contribution in [0.25, 0.3) is 11.0 Å². The first-order chi connectivity index (χ1) is 13.3. The lowest BCUT2D eigenvalue weighted by molar-refractivity contribution is 0.244. The molecule has 0 N–H and O–H groups in total. The summed E-state index contributed by atoms with van der Waals surface area (Å²) in [7, 11) is 2.03. The molecule has 0 amide bonds. The van der Waals surface area contributed by atoms with E-state index in [1.165, 1.54) is 5.56 Å². The topological polar surface area (TPSA) is 46.3 Å². The van der Waals surface area contributed by atoms with Crippen molar-refractivity contribution in [1.82, 2.24) is 20.0 Å². The lowest BCUT2D eigenvalue weighted by Crippen LogP contribution is -2.27. The van der Waals surface area contributed by atoms with Crippen LogP contribution < -0.4 is 0 Å². The first kappa shape index (κ1) is 15.8. The van der Waals surface area contributed by atoms with Gasteiger partial charge in [-0.15, -0.1) is 5.10 Å². The number of likely N-dealkylation sites (N-methyl/N-ethyl adjacent to an activating group) is 1. The van der Waals surface area contributed by atoms with Crippen molar-refractivity contribution in [1.29, 1.82) is 0 Å². The molecular formula is C22H19N5.